The van der Waals surface area contributed by atoms with Crippen molar-refractivity contribution in [1.82, 2.24) is 0 Å². The van der Waals surface area contributed by atoms with Gasteiger partial charge in [0.1, 0.15) is 12.4 Å². The van der Waals surface area contributed by atoms with E-state index in [1.54, 1.807) is 0 Å². The summed E-state index contributed by atoms with van der Waals surface area (Å²) >= 11 is 0. The number of para-hydroxylation sites is 1. The third kappa shape index (κ3) is 3.81. The molecule has 0 aliphatic carbocycles. The first-order valence-corrected chi connectivity index (χ1v) is 5.45. The van der Waals surface area contributed by atoms with Crippen molar-refractivity contribution in [2.75, 3.05) is 18.5 Å². The molecule has 1 aromatic carbocycles. The van der Waals surface area contributed by atoms with E-state index in [-0.39, 0.29) is 17.9 Å². The van der Waals surface area contributed by atoms with Gasteiger partial charge in [0, 0.05) is 6.61 Å². The number of nitrogens with one attached hydrogen (secondary N) is 1. The van der Waals surface area contributed by atoms with Crippen LogP contribution in [0.4, 0.5) is 10.1 Å². The SMILES string of the molecule is CCCOCC(=O)Nc1c(F)cccc1C(=O)O. The van der Waals surface area contributed by atoms with Crippen LogP contribution in [-0.2, 0) is 9.53 Å². The van der Waals surface area contributed by atoms with E-state index in [1.165, 1.54) is 12.1 Å². The highest BCUT2D eigenvalue weighted by Crippen LogP contribution is 2.19. The number of aromatic carboxylic acids is 1. The van der Waals surface area contributed by atoms with Crippen LogP contribution < -0.4 is 5.32 Å². The molecule has 0 atom stereocenters. The minimum absolute atomic E-state index is 0.235. The van der Waals surface area contributed by atoms with Gasteiger partial charge in [-0.1, -0.05) is 13.0 Å². The van der Waals surface area contributed by atoms with Gasteiger partial charge in [0.05, 0.1) is 11.3 Å². The summed E-state index contributed by atoms with van der Waals surface area (Å²) < 4.78 is 18.4. The highest BCUT2D eigenvalue weighted by atomic mass is 19.1. The zero-order valence-electron chi connectivity index (χ0n) is 9.90. The van der Waals surface area contributed by atoms with Crippen LogP contribution in [0.3, 0.4) is 0 Å². The second-order valence-corrected chi connectivity index (χ2v) is 3.57. The number of carboxylic acid groups (broad SMARTS) is 1. The predicted molar refractivity (Wildman–Crippen MR) is 63.1 cm³/mol. The Labute approximate surface area is 104 Å². The Balaban J connectivity index is 2.77. The zero-order valence-corrected chi connectivity index (χ0v) is 9.90. The average Bonchev–Trinajstić information content (AvgIpc) is 2.31. The minimum Gasteiger partial charge on any atom is -0.478 e. The summed E-state index contributed by atoms with van der Waals surface area (Å²) in [6.45, 7) is 2.06. The molecule has 0 aliphatic heterocycles. The van der Waals surface area contributed by atoms with Crippen LogP contribution in [0.15, 0.2) is 18.2 Å². The first-order chi connectivity index (χ1) is 8.56. The van der Waals surface area contributed by atoms with E-state index < -0.39 is 17.7 Å². The Morgan fingerprint density at radius 3 is 2.78 bits per heavy atom. The molecule has 0 saturated heterocycles. The zero-order chi connectivity index (χ0) is 13.5. The molecule has 5 nitrogen and oxygen atoms in total. The second kappa shape index (κ2) is 6.70. The summed E-state index contributed by atoms with van der Waals surface area (Å²) in [6, 6.07) is 3.56. The fraction of sp³-hybridized carbons (Fsp3) is 0.333. The van der Waals surface area contributed by atoms with Crippen LogP contribution in [0, 0.1) is 5.82 Å². The summed E-state index contributed by atoms with van der Waals surface area (Å²) in [5.74, 6) is -2.69. The van der Waals surface area contributed by atoms with Crippen LogP contribution in [0.2, 0.25) is 0 Å². The van der Waals surface area contributed by atoms with Crippen molar-refractivity contribution < 1.29 is 23.8 Å². The number of amides is 1. The van der Waals surface area contributed by atoms with Gasteiger partial charge in [0.15, 0.2) is 0 Å². The minimum atomic E-state index is -1.31. The lowest BCUT2D eigenvalue weighted by Gasteiger charge is -2.09. The summed E-state index contributed by atoms with van der Waals surface area (Å²) in [4.78, 5) is 22.3. The summed E-state index contributed by atoms with van der Waals surface area (Å²) in [6.07, 6.45) is 0.757. The summed E-state index contributed by atoms with van der Waals surface area (Å²) in [5, 5.41) is 11.1. The van der Waals surface area contributed by atoms with Gasteiger partial charge in [0.25, 0.3) is 0 Å². The average molecular weight is 255 g/mol. The predicted octanol–water partition coefficient (Wildman–Crippen LogP) is 1.89. The van der Waals surface area contributed by atoms with Crippen molar-refractivity contribution in [3.05, 3.63) is 29.6 Å². The van der Waals surface area contributed by atoms with E-state index in [1.807, 2.05) is 6.92 Å². The van der Waals surface area contributed by atoms with Crippen LogP contribution in [0.25, 0.3) is 0 Å². The number of carbonyl (C=O) groups is 2. The molecule has 2 N–H and O–H groups in total. The molecule has 0 spiro atoms. The number of halogens is 1. The highest BCUT2D eigenvalue weighted by Gasteiger charge is 2.16. The maximum absolute atomic E-state index is 13.4. The third-order valence-electron chi connectivity index (χ3n) is 2.09. The number of carboxylic acids is 1. The third-order valence-corrected chi connectivity index (χ3v) is 2.09. The smallest absolute Gasteiger partial charge is 0.337 e. The molecular formula is C12H14FNO4. The molecular weight excluding hydrogens is 241 g/mol. The Morgan fingerprint density at radius 1 is 1.44 bits per heavy atom. The van der Waals surface area contributed by atoms with Crippen molar-refractivity contribution in [2.24, 2.45) is 0 Å². The quantitative estimate of drug-likeness (QED) is 0.761. The normalized spacial score (nSPS) is 10.1. The van der Waals surface area contributed by atoms with Crippen molar-refractivity contribution in [2.45, 2.75) is 13.3 Å². The van der Waals surface area contributed by atoms with E-state index >= 15 is 0 Å². The number of hydrogen-bond donors (Lipinski definition) is 2. The molecule has 0 aliphatic rings. The van der Waals surface area contributed by atoms with Gasteiger partial charge in [-0.2, -0.15) is 0 Å². The first kappa shape index (κ1) is 14.1. The Hall–Kier alpha value is -1.95. The summed E-state index contributed by atoms with van der Waals surface area (Å²) in [7, 11) is 0. The molecule has 0 radical (unpaired) electrons. The maximum Gasteiger partial charge on any atom is 0.337 e. The Kier molecular flexibility index (Phi) is 5.26. The van der Waals surface area contributed by atoms with E-state index in [9.17, 15) is 14.0 Å². The maximum atomic E-state index is 13.4. The molecule has 0 bridgehead atoms. The number of ether oxygens (including phenoxy) is 1. The molecule has 1 rings (SSSR count). The number of rotatable bonds is 6. The number of carbonyl (C=O) groups excluding carboxylic acids is 1. The molecule has 98 valence electrons. The monoisotopic (exact) mass is 255 g/mol. The van der Waals surface area contributed by atoms with Gasteiger partial charge in [-0.3, -0.25) is 4.79 Å². The van der Waals surface area contributed by atoms with E-state index in [0.29, 0.717) is 6.61 Å². The lowest BCUT2D eigenvalue weighted by Crippen LogP contribution is -2.21. The van der Waals surface area contributed by atoms with Crippen LogP contribution in [0.1, 0.15) is 23.7 Å². The fourth-order valence-electron chi connectivity index (χ4n) is 1.31. The lowest BCUT2D eigenvalue weighted by atomic mass is 10.1. The lowest BCUT2D eigenvalue weighted by molar-refractivity contribution is -0.120. The topological polar surface area (TPSA) is 75.6 Å². The molecule has 0 unspecified atom stereocenters. The Bertz CT molecular complexity index is 448. The van der Waals surface area contributed by atoms with Crippen LogP contribution >= 0.6 is 0 Å². The molecule has 0 aromatic heterocycles. The van der Waals surface area contributed by atoms with Crippen LogP contribution in [-0.4, -0.2) is 30.2 Å². The van der Waals surface area contributed by atoms with Gasteiger partial charge in [-0.05, 0) is 18.6 Å². The standard InChI is InChI=1S/C12H14FNO4/c1-2-6-18-7-10(15)14-11-8(12(16)17)4-3-5-9(11)13/h3-5H,2,6-7H2,1H3,(H,14,15)(H,16,17). The Morgan fingerprint density at radius 2 is 2.17 bits per heavy atom. The van der Waals surface area contributed by atoms with Crippen molar-refractivity contribution in [3.63, 3.8) is 0 Å². The van der Waals surface area contributed by atoms with Crippen molar-refractivity contribution in [1.29, 1.82) is 0 Å². The summed E-state index contributed by atoms with van der Waals surface area (Å²) in [5.41, 5.74) is -0.631. The largest absolute Gasteiger partial charge is 0.478 e. The molecule has 0 heterocycles. The molecule has 1 amide bonds. The van der Waals surface area contributed by atoms with E-state index in [2.05, 4.69) is 5.32 Å². The van der Waals surface area contributed by atoms with Gasteiger partial charge in [0.2, 0.25) is 5.91 Å². The molecule has 1 aromatic rings. The van der Waals surface area contributed by atoms with Gasteiger partial charge in [-0.25, -0.2) is 9.18 Å². The first-order valence-electron chi connectivity index (χ1n) is 5.45. The van der Waals surface area contributed by atoms with Crippen molar-refractivity contribution >= 4 is 17.6 Å². The van der Waals surface area contributed by atoms with Crippen molar-refractivity contribution in [3.8, 4) is 0 Å². The molecule has 0 fully saturated rings. The highest BCUT2D eigenvalue weighted by molar-refractivity contribution is 6.01. The number of anilines is 1. The van der Waals surface area contributed by atoms with Crippen LogP contribution in [0.5, 0.6) is 0 Å². The van der Waals surface area contributed by atoms with E-state index in [0.717, 1.165) is 12.5 Å². The second-order valence-electron chi connectivity index (χ2n) is 3.57. The molecule has 0 saturated carbocycles. The van der Waals surface area contributed by atoms with E-state index in [4.69, 9.17) is 9.84 Å². The van der Waals surface area contributed by atoms with Gasteiger partial charge < -0.3 is 15.2 Å². The number of benzene rings is 1. The molecule has 18 heavy (non-hydrogen) atoms. The number of hydrogen-bond acceptors (Lipinski definition) is 3. The van der Waals surface area contributed by atoms with Gasteiger partial charge >= 0.3 is 5.97 Å². The fourth-order valence-corrected chi connectivity index (χ4v) is 1.31. The molecule has 6 heteroatoms. The van der Waals surface area contributed by atoms with Gasteiger partial charge in [-0.15, -0.1) is 0 Å².